The summed E-state index contributed by atoms with van der Waals surface area (Å²) in [6, 6.07) is 123. The smallest absolute Gasteiger partial charge is 0.0998 e. The molecule has 0 unspecified atom stereocenters. The molecule has 0 aliphatic rings. The van der Waals surface area contributed by atoms with Gasteiger partial charge in [-0.1, -0.05) is 297 Å². The fourth-order valence-electron chi connectivity index (χ4n) is 12.8. The number of nitriles is 2. The van der Waals surface area contributed by atoms with Crippen molar-refractivity contribution in [3.8, 4) is 124 Å². The van der Waals surface area contributed by atoms with Crippen LogP contribution >= 0.6 is 0 Å². The number of benzene rings is 14. The molecule has 14 aromatic carbocycles. The predicted molar refractivity (Wildman–Crippen MR) is 382 cm³/mol. The molecular weight excluding hydrogens is 1110 g/mol. The van der Waals surface area contributed by atoms with Gasteiger partial charge in [-0.25, -0.2) is 9.97 Å². The Morgan fingerprint density at radius 1 is 0.196 bits per heavy atom. The van der Waals surface area contributed by atoms with E-state index < -0.39 is 0 Å². The van der Waals surface area contributed by atoms with E-state index in [-0.39, 0.29) is 0 Å². The molecule has 0 radical (unpaired) electrons. The van der Waals surface area contributed by atoms with Gasteiger partial charge in [0.05, 0.1) is 45.7 Å². The lowest BCUT2D eigenvalue weighted by molar-refractivity contribution is 1.40. The van der Waals surface area contributed by atoms with Crippen molar-refractivity contribution in [2.45, 2.75) is 0 Å². The third-order valence-corrected chi connectivity index (χ3v) is 17.5. The average Bonchev–Trinajstić information content (AvgIpc) is 0.776. The van der Waals surface area contributed by atoms with Gasteiger partial charge in [-0.05, 0) is 137 Å². The lowest BCUT2D eigenvalue weighted by Gasteiger charge is -2.16. The summed E-state index contributed by atoms with van der Waals surface area (Å²) in [6.07, 6.45) is 0. The Hall–Kier alpha value is -12.6. The van der Waals surface area contributed by atoms with Crippen LogP contribution in [-0.2, 0) is 0 Å². The first-order chi connectivity index (χ1) is 45.5. The molecule has 16 rings (SSSR count). The summed E-state index contributed by atoms with van der Waals surface area (Å²) >= 11 is 0. The minimum atomic E-state index is 0.633. The van der Waals surface area contributed by atoms with E-state index >= 15 is 0 Å². The van der Waals surface area contributed by atoms with Crippen molar-refractivity contribution in [1.82, 2.24) is 9.97 Å². The molecule has 0 atom stereocenters. The van der Waals surface area contributed by atoms with Gasteiger partial charge in [0.25, 0.3) is 0 Å². The van der Waals surface area contributed by atoms with Crippen LogP contribution in [0.4, 0.5) is 0 Å². The first kappa shape index (κ1) is 55.9. The molecule has 0 N–H and O–H groups in total. The molecule has 0 amide bonds. The van der Waals surface area contributed by atoms with Crippen molar-refractivity contribution >= 4 is 43.4 Å². The van der Waals surface area contributed by atoms with E-state index in [2.05, 4.69) is 285 Å². The Bertz CT molecular complexity index is 5460. The molecule has 428 valence electrons. The summed E-state index contributed by atoms with van der Waals surface area (Å²) in [6.45, 7) is 0. The van der Waals surface area contributed by atoms with Gasteiger partial charge in [0.15, 0.2) is 0 Å². The highest BCUT2D eigenvalue weighted by Gasteiger charge is 2.20. The van der Waals surface area contributed by atoms with E-state index in [4.69, 9.17) is 9.97 Å². The summed E-state index contributed by atoms with van der Waals surface area (Å²) in [4.78, 5) is 10.7. The zero-order valence-electron chi connectivity index (χ0n) is 50.1. The molecule has 16 aromatic rings. The topological polar surface area (TPSA) is 73.4 Å². The molecule has 0 saturated heterocycles. The van der Waals surface area contributed by atoms with Crippen LogP contribution < -0.4 is 0 Å². The van der Waals surface area contributed by atoms with Gasteiger partial charge < -0.3 is 0 Å². The number of nitrogens with zero attached hydrogens (tertiary/aromatic N) is 4. The van der Waals surface area contributed by atoms with E-state index in [1.807, 2.05) is 66.7 Å². The van der Waals surface area contributed by atoms with Crippen LogP contribution in [0.3, 0.4) is 0 Å². The van der Waals surface area contributed by atoms with Crippen LogP contribution in [0, 0.1) is 22.7 Å². The number of aromatic nitrogens is 2. The normalized spacial score (nSPS) is 11.0. The second kappa shape index (κ2) is 24.9. The standard InChI is InChI=1S/2C44H28N2/c45-29-30-10-9-15-37(26-30)41-28-43(36-24-20-34(21-25-36)32-13-5-2-6-14-32)46-44-39-17-8-7-16-38(39)40(27-42(41)44)35-22-18-33(19-23-35)31-11-3-1-4-12-31;45-29-36-15-7-8-16-37(36)41-28-43(35-25-21-33(22-26-35)31-13-5-2-6-14-31)46-44-39-18-10-9-17-38(39)40(27-42(41)44)34-23-19-32(20-24-34)30-11-3-1-4-12-30/h2*1-28H. The van der Waals surface area contributed by atoms with Crippen LogP contribution in [0.5, 0.6) is 0 Å². The number of hydrogen-bond acceptors (Lipinski definition) is 4. The molecule has 4 nitrogen and oxygen atoms in total. The Kier molecular flexibility index (Phi) is 15.1. The van der Waals surface area contributed by atoms with E-state index in [0.717, 1.165) is 116 Å². The van der Waals surface area contributed by atoms with Gasteiger partial charge in [0.1, 0.15) is 0 Å². The number of pyridine rings is 2. The highest BCUT2D eigenvalue weighted by atomic mass is 14.7. The van der Waals surface area contributed by atoms with Crippen molar-refractivity contribution < 1.29 is 0 Å². The molecular formula is C88H56N4. The molecule has 4 heteroatoms. The SMILES string of the molecule is N#Cc1cccc(-c2cc(-c3ccc(-c4ccccc4)cc3)nc3c2cc(-c2ccc(-c4ccccc4)cc2)c2ccccc23)c1.N#Cc1ccccc1-c1cc(-c2ccc(-c3ccccc3)cc2)nc2c1cc(-c1ccc(-c3ccccc3)cc1)c1ccccc12. The lowest BCUT2D eigenvalue weighted by atomic mass is 9.89. The maximum atomic E-state index is 10.1. The second-order valence-corrected chi connectivity index (χ2v) is 23.0. The predicted octanol–water partition coefficient (Wildman–Crippen LogP) is 23.2. The first-order valence-corrected chi connectivity index (χ1v) is 30.9. The van der Waals surface area contributed by atoms with Gasteiger partial charge in [-0.3, -0.25) is 0 Å². The van der Waals surface area contributed by atoms with Crippen LogP contribution in [0.2, 0.25) is 0 Å². The summed E-state index contributed by atoms with van der Waals surface area (Å²) in [5.74, 6) is 0. The maximum Gasteiger partial charge on any atom is 0.0998 e. The second-order valence-electron chi connectivity index (χ2n) is 23.0. The summed E-state index contributed by atoms with van der Waals surface area (Å²) < 4.78 is 0. The third-order valence-electron chi connectivity index (χ3n) is 17.5. The van der Waals surface area contributed by atoms with Crippen LogP contribution in [0.15, 0.2) is 340 Å². The summed E-state index contributed by atoms with van der Waals surface area (Å²) in [5.41, 5.74) is 25.0. The molecule has 0 aliphatic carbocycles. The van der Waals surface area contributed by atoms with Crippen molar-refractivity contribution in [2.24, 2.45) is 0 Å². The minimum absolute atomic E-state index is 0.633. The van der Waals surface area contributed by atoms with Crippen molar-refractivity contribution in [2.75, 3.05) is 0 Å². The number of rotatable bonds is 10. The van der Waals surface area contributed by atoms with Crippen LogP contribution in [-0.4, -0.2) is 9.97 Å². The van der Waals surface area contributed by atoms with E-state index in [1.165, 1.54) is 38.9 Å². The molecule has 0 spiro atoms. The van der Waals surface area contributed by atoms with Gasteiger partial charge in [-0.15, -0.1) is 0 Å². The zero-order valence-corrected chi connectivity index (χ0v) is 50.1. The molecule has 0 bridgehead atoms. The third kappa shape index (κ3) is 11.0. The molecule has 92 heavy (non-hydrogen) atoms. The molecule has 0 saturated carbocycles. The molecule has 2 heterocycles. The Balaban J connectivity index is 0.000000153. The van der Waals surface area contributed by atoms with Crippen molar-refractivity contribution in [1.29, 1.82) is 10.5 Å². The van der Waals surface area contributed by atoms with Crippen molar-refractivity contribution in [3.05, 3.63) is 351 Å². The van der Waals surface area contributed by atoms with Crippen molar-refractivity contribution in [3.63, 3.8) is 0 Å². The average molecular weight is 1170 g/mol. The van der Waals surface area contributed by atoms with Gasteiger partial charge in [0.2, 0.25) is 0 Å². The highest BCUT2D eigenvalue weighted by molar-refractivity contribution is 6.18. The zero-order chi connectivity index (χ0) is 61.7. The highest BCUT2D eigenvalue weighted by Crippen LogP contribution is 2.44. The summed E-state index contributed by atoms with van der Waals surface area (Å²) in [5, 5.41) is 26.4. The Morgan fingerprint density at radius 2 is 0.511 bits per heavy atom. The number of hydrogen-bond donors (Lipinski definition) is 0. The maximum absolute atomic E-state index is 10.1. The fraction of sp³-hybridized carbons (Fsp3) is 0. The quantitative estimate of drug-likeness (QED) is 0.128. The van der Waals surface area contributed by atoms with Crippen LogP contribution in [0.1, 0.15) is 11.1 Å². The molecule has 2 aromatic heterocycles. The van der Waals surface area contributed by atoms with Crippen LogP contribution in [0.25, 0.3) is 155 Å². The van der Waals surface area contributed by atoms with Gasteiger partial charge >= 0.3 is 0 Å². The number of fused-ring (bicyclic) bond motifs is 6. The monoisotopic (exact) mass is 1170 g/mol. The van der Waals surface area contributed by atoms with Gasteiger partial charge in [-0.2, -0.15) is 10.5 Å². The Morgan fingerprint density at radius 3 is 0.924 bits per heavy atom. The summed E-state index contributed by atoms with van der Waals surface area (Å²) in [7, 11) is 0. The van der Waals surface area contributed by atoms with E-state index in [0.29, 0.717) is 11.1 Å². The molecule has 0 fully saturated rings. The minimum Gasteiger partial charge on any atom is -0.247 e. The lowest BCUT2D eigenvalue weighted by Crippen LogP contribution is -1.94. The van der Waals surface area contributed by atoms with Gasteiger partial charge in [0, 0.05) is 38.2 Å². The fourth-order valence-corrected chi connectivity index (χ4v) is 12.8. The first-order valence-electron chi connectivity index (χ1n) is 30.9. The Labute approximate surface area is 535 Å². The van der Waals surface area contributed by atoms with E-state index in [1.54, 1.807) is 0 Å². The largest absolute Gasteiger partial charge is 0.247 e. The van der Waals surface area contributed by atoms with E-state index in [9.17, 15) is 10.5 Å². The molecule has 0 aliphatic heterocycles.